The summed E-state index contributed by atoms with van der Waals surface area (Å²) >= 11 is 0. The number of carbonyl (C=O) groups is 1. The van der Waals surface area contributed by atoms with Crippen LogP contribution in [0.15, 0.2) is 4.79 Å². The lowest BCUT2D eigenvalue weighted by Gasteiger charge is -2.11. The molecular weight excluding hydrogens is 330 g/mol. The minimum absolute atomic E-state index is 0.0983. The number of nitrogens with zero attached hydrogens (tertiary/aromatic N) is 3. The molecule has 2 aromatic heterocycles. The second-order valence-corrected chi connectivity index (χ2v) is 7.21. The molecule has 0 aliphatic heterocycles. The van der Waals surface area contributed by atoms with Crippen molar-refractivity contribution in [2.45, 2.75) is 72.3 Å². The van der Waals surface area contributed by atoms with Crippen LogP contribution in [0.3, 0.4) is 0 Å². The van der Waals surface area contributed by atoms with Gasteiger partial charge in [0.25, 0.3) is 5.56 Å². The van der Waals surface area contributed by atoms with Crippen molar-refractivity contribution in [3.63, 3.8) is 0 Å². The third kappa shape index (κ3) is 3.71. The highest BCUT2D eigenvalue weighted by atomic mass is 16.1. The van der Waals surface area contributed by atoms with Crippen molar-refractivity contribution in [3.05, 3.63) is 38.6 Å². The summed E-state index contributed by atoms with van der Waals surface area (Å²) in [7, 11) is 0. The Kier molecular flexibility index (Phi) is 5.25. The van der Waals surface area contributed by atoms with Crippen LogP contribution in [0.4, 0.5) is 0 Å². The molecule has 0 radical (unpaired) electrons. The van der Waals surface area contributed by atoms with Gasteiger partial charge in [0.1, 0.15) is 0 Å². The molecule has 1 amide bonds. The molecule has 0 atom stereocenters. The Morgan fingerprint density at radius 1 is 1.19 bits per heavy atom. The number of H-pyrrole nitrogens is 1. The third-order valence-corrected chi connectivity index (χ3v) is 5.35. The maximum absolute atomic E-state index is 12.2. The third-order valence-electron chi connectivity index (χ3n) is 5.35. The zero-order chi connectivity index (χ0) is 18.8. The van der Waals surface area contributed by atoms with Gasteiger partial charge in [-0.25, -0.2) is 9.67 Å². The van der Waals surface area contributed by atoms with Crippen LogP contribution in [0.5, 0.6) is 0 Å². The number of rotatable bonds is 5. The predicted molar refractivity (Wildman–Crippen MR) is 99.6 cm³/mol. The molecule has 1 fully saturated rings. The second kappa shape index (κ2) is 7.43. The summed E-state index contributed by atoms with van der Waals surface area (Å²) < 4.78 is 1.66. The summed E-state index contributed by atoms with van der Waals surface area (Å²) in [6.07, 6.45) is 5.67. The Labute approximate surface area is 153 Å². The largest absolute Gasteiger partial charge is 0.353 e. The van der Waals surface area contributed by atoms with Gasteiger partial charge in [0.15, 0.2) is 0 Å². The molecule has 2 N–H and O–H groups in total. The van der Waals surface area contributed by atoms with Crippen molar-refractivity contribution in [2.75, 3.05) is 0 Å². The van der Waals surface area contributed by atoms with Crippen LogP contribution >= 0.6 is 0 Å². The van der Waals surface area contributed by atoms with E-state index < -0.39 is 0 Å². The van der Waals surface area contributed by atoms with Gasteiger partial charge in [-0.1, -0.05) is 12.8 Å². The van der Waals surface area contributed by atoms with Crippen molar-refractivity contribution in [3.8, 4) is 5.95 Å². The molecule has 2 aromatic rings. The highest BCUT2D eigenvalue weighted by molar-refractivity contribution is 5.76. The van der Waals surface area contributed by atoms with Gasteiger partial charge < -0.3 is 5.32 Å². The average molecular weight is 357 g/mol. The molecule has 1 saturated carbocycles. The number of aromatic nitrogens is 4. The Hall–Kier alpha value is -2.44. The van der Waals surface area contributed by atoms with E-state index in [-0.39, 0.29) is 11.5 Å². The summed E-state index contributed by atoms with van der Waals surface area (Å²) in [5.41, 5.74) is 3.94. The van der Waals surface area contributed by atoms with Crippen LogP contribution in [-0.4, -0.2) is 31.7 Å². The van der Waals surface area contributed by atoms with Crippen LogP contribution in [0.2, 0.25) is 0 Å². The van der Waals surface area contributed by atoms with Gasteiger partial charge in [-0.2, -0.15) is 5.10 Å². The van der Waals surface area contributed by atoms with Gasteiger partial charge in [0.2, 0.25) is 11.9 Å². The molecule has 0 unspecified atom stereocenters. The normalized spacial score (nSPS) is 14.8. The van der Waals surface area contributed by atoms with Crippen molar-refractivity contribution in [1.29, 1.82) is 0 Å². The molecule has 2 heterocycles. The first-order valence-corrected chi connectivity index (χ1v) is 9.29. The average Bonchev–Trinajstić information content (AvgIpc) is 3.19. The molecule has 1 aliphatic carbocycles. The Balaban J connectivity index is 1.75. The Morgan fingerprint density at radius 2 is 1.88 bits per heavy atom. The number of amides is 1. The van der Waals surface area contributed by atoms with Gasteiger partial charge in [-0.3, -0.25) is 14.6 Å². The zero-order valence-electron chi connectivity index (χ0n) is 16.0. The van der Waals surface area contributed by atoms with Crippen molar-refractivity contribution in [1.82, 2.24) is 25.1 Å². The fraction of sp³-hybridized carbons (Fsp3) is 0.579. The molecule has 0 saturated heterocycles. The van der Waals surface area contributed by atoms with Gasteiger partial charge in [-0.05, 0) is 52.5 Å². The number of hydrogen-bond acceptors (Lipinski definition) is 4. The summed E-state index contributed by atoms with van der Waals surface area (Å²) in [6, 6.07) is 0.345. The number of nitrogens with one attached hydrogen (secondary N) is 2. The van der Waals surface area contributed by atoms with Gasteiger partial charge in [-0.15, -0.1) is 0 Å². The number of hydrogen-bond donors (Lipinski definition) is 2. The molecule has 7 heteroatoms. The summed E-state index contributed by atoms with van der Waals surface area (Å²) in [5, 5.41) is 7.65. The molecule has 7 nitrogen and oxygen atoms in total. The van der Waals surface area contributed by atoms with Crippen LogP contribution in [-0.2, 0) is 11.2 Å². The van der Waals surface area contributed by atoms with Crippen molar-refractivity contribution in [2.24, 2.45) is 0 Å². The van der Waals surface area contributed by atoms with E-state index in [0.717, 1.165) is 29.8 Å². The van der Waals surface area contributed by atoms with Crippen LogP contribution in [0, 0.1) is 27.7 Å². The van der Waals surface area contributed by atoms with Crippen molar-refractivity contribution < 1.29 is 4.79 Å². The van der Waals surface area contributed by atoms with E-state index in [1.807, 2.05) is 20.8 Å². The first-order chi connectivity index (χ1) is 12.4. The van der Waals surface area contributed by atoms with E-state index in [2.05, 4.69) is 20.4 Å². The second-order valence-electron chi connectivity index (χ2n) is 7.21. The molecule has 26 heavy (non-hydrogen) atoms. The minimum Gasteiger partial charge on any atom is -0.353 e. The van der Waals surface area contributed by atoms with Crippen LogP contribution in [0.25, 0.3) is 5.95 Å². The van der Waals surface area contributed by atoms with Gasteiger partial charge in [0.05, 0.1) is 5.69 Å². The van der Waals surface area contributed by atoms with Gasteiger partial charge >= 0.3 is 0 Å². The van der Waals surface area contributed by atoms with Crippen molar-refractivity contribution >= 4 is 5.91 Å². The quantitative estimate of drug-likeness (QED) is 0.858. The molecule has 0 aromatic carbocycles. The lowest BCUT2D eigenvalue weighted by molar-refractivity contribution is -0.121. The first-order valence-electron chi connectivity index (χ1n) is 9.29. The van der Waals surface area contributed by atoms with E-state index in [4.69, 9.17) is 0 Å². The lowest BCUT2D eigenvalue weighted by atomic mass is 10.1. The maximum Gasteiger partial charge on any atom is 0.255 e. The fourth-order valence-electron chi connectivity index (χ4n) is 3.58. The van der Waals surface area contributed by atoms with E-state index in [1.165, 1.54) is 12.8 Å². The molecule has 3 rings (SSSR count). The number of aromatic amines is 1. The molecule has 1 aliphatic rings. The molecule has 0 bridgehead atoms. The summed E-state index contributed by atoms with van der Waals surface area (Å²) in [5.74, 6) is 0.515. The fourth-order valence-corrected chi connectivity index (χ4v) is 3.58. The standard InChI is InChI=1S/C19H27N5O2/c1-11-12(2)20-19(22-18(11)26)24-14(4)16(13(3)23-24)9-10-17(25)21-15-7-5-6-8-15/h15H,5-10H2,1-4H3,(H,21,25)(H,20,22,26). The highest BCUT2D eigenvalue weighted by Gasteiger charge is 2.19. The number of aryl methyl sites for hydroxylation is 2. The van der Waals surface area contributed by atoms with E-state index in [9.17, 15) is 9.59 Å². The zero-order valence-corrected chi connectivity index (χ0v) is 16.0. The van der Waals surface area contributed by atoms with E-state index >= 15 is 0 Å². The molecule has 140 valence electrons. The molecular formula is C19H27N5O2. The topological polar surface area (TPSA) is 92.7 Å². The Morgan fingerprint density at radius 3 is 2.54 bits per heavy atom. The predicted octanol–water partition coefficient (Wildman–Crippen LogP) is 2.18. The highest BCUT2D eigenvalue weighted by Crippen LogP contribution is 2.19. The maximum atomic E-state index is 12.2. The summed E-state index contributed by atoms with van der Waals surface area (Å²) in [6.45, 7) is 7.43. The lowest BCUT2D eigenvalue weighted by Crippen LogP contribution is -2.32. The van der Waals surface area contributed by atoms with E-state index in [1.54, 1.807) is 11.6 Å². The monoisotopic (exact) mass is 357 g/mol. The summed E-state index contributed by atoms with van der Waals surface area (Å²) in [4.78, 5) is 31.5. The minimum atomic E-state index is -0.155. The van der Waals surface area contributed by atoms with Gasteiger partial charge in [0, 0.05) is 29.4 Å². The molecule has 0 spiro atoms. The Bertz CT molecular complexity index is 875. The van der Waals surface area contributed by atoms with Crippen LogP contribution in [0.1, 0.15) is 60.3 Å². The van der Waals surface area contributed by atoms with Crippen LogP contribution < -0.4 is 10.9 Å². The number of carbonyl (C=O) groups excluding carboxylic acids is 1. The smallest absolute Gasteiger partial charge is 0.255 e. The van der Waals surface area contributed by atoms with E-state index in [0.29, 0.717) is 36.1 Å². The SMILES string of the molecule is Cc1nn(-c2nc(C)c(C)c(=O)[nH]2)c(C)c1CCC(=O)NC1CCCC1. The first kappa shape index (κ1) is 18.4.